The molecule has 4 aromatic rings. The first-order chi connectivity index (χ1) is 32.8. The first kappa shape index (κ1) is 47.8. The van der Waals surface area contributed by atoms with Crippen LogP contribution in [0.3, 0.4) is 0 Å². The third-order valence-corrected chi connectivity index (χ3v) is 15.4. The van der Waals surface area contributed by atoms with Crippen LogP contribution in [0.2, 0.25) is 0 Å². The van der Waals surface area contributed by atoms with Crippen LogP contribution in [-0.2, 0) is 24.2 Å². The zero-order chi connectivity index (χ0) is 48.0. The number of carbonyl (C=O) groups is 5. The van der Waals surface area contributed by atoms with Crippen molar-refractivity contribution in [2.45, 2.75) is 93.9 Å². The Labute approximate surface area is 396 Å². The fourth-order valence-corrected chi connectivity index (χ4v) is 10.5. The molecule has 4 aliphatic rings. The Balaban J connectivity index is 0.734. The standard InChI is InChI=1S/C48H59N11O8S/c1-31(2)68(65,66)40-14-8-7-12-36(40)53-48-51-30-50-47(55-48)52-35-17-16-33(29-39(35)67-3)56-23-20-32(21-24-56)57-25-27-58(28-26-57)42(61)15-6-4-5-9-22-49-37-13-10-11-34-43(37)46(64)59(45(34)63)38-18-19-41(60)54-44(38)62/h7-8,10-14,16-17,29-32,38,49H,4-6,9,15,18-28H2,1-3H3,(H,54,60,62)(H2,50,51,52,53,55). The highest BCUT2D eigenvalue weighted by Gasteiger charge is 2.45. The lowest BCUT2D eigenvalue weighted by atomic mass is 10.0. The summed E-state index contributed by atoms with van der Waals surface area (Å²) >= 11 is 0. The van der Waals surface area contributed by atoms with E-state index in [-0.39, 0.29) is 46.7 Å². The number of hydrogen-bond donors (Lipinski definition) is 4. The van der Waals surface area contributed by atoms with Crippen LogP contribution in [0.25, 0.3) is 0 Å². The molecule has 1 aromatic heterocycles. The average molecular weight is 950 g/mol. The lowest BCUT2D eigenvalue weighted by Gasteiger charge is -2.43. The van der Waals surface area contributed by atoms with Crippen molar-refractivity contribution in [1.82, 2.24) is 35.0 Å². The second-order valence-corrected chi connectivity index (χ2v) is 20.2. The summed E-state index contributed by atoms with van der Waals surface area (Å²) in [6.45, 7) is 8.82. The Morgan fingerprint density at radius 1 is 0.809 bits per heavy atom. The number of hydrogen-bond acceptors (Lipinski definition) is 16. The molecule has 0 bridgehead atoms. The van der Waals surface area contributed by atoms with Gasteiger partial charge in [-0.05, 0) is 82.3 Å². The molecular weight excluding hydrogens is 891 g/mol. The van der Waals surface area contributed by atoms with Gasteiger partial charge in [-0.2, -0.15) is 4.98 Å². The largest absolute Gasteiger partial charge is 0.494 e. The molecule has 3 aromatic carbocycles. The van der Waals surface area contributed by atoms with E-state index in [9.17, 15) is 32.4 Å². The Bertz CT molecular complexity index is 2650. The van der Waals surface area contributed by atoms with Crippen molar-refractivity contribution in [3.05, 3.63) is 78.1 Å². The molecule has 3 saturated heterocycles. The van der Waals surface area contributed by atoms with Gasteiger partial charge in [-0.25, -0.2) is 18.4 Å². The molecule has 20 heteroatoms. The number of nitrogens with zero attached hydrogens (tertiary/aromatic N) is 7. The van der Waals surface area contributed by atoms with E-state index in [1.807, 2.05) is 23.1 Å². The van der Waals surface area contributed by atoms with E-state index in [0.29, 0.717) is 41.8 Å². The van der Waals surface area contributed by atoms with Gasteiger partial charge in [0, 0.05) is 82.1 Å². The number of imide groups is 2. The Hall–Kier alpha value is -6.67. The van der Waals surface area contributed by atoms with E-state index in [2.05, 4.69) is 46.0 Å². The van der Waals surface area contributed by atoms with Crippen LogP contribution in [0.4, 0.5) is 34.6 Å². The van der Waals surface area contributed by atoms with Crippen LogP contribution in [0, 0.1) is 0 Å². The monoisotopic (exact) mass is 949 g/mol. The molecule has 8 rings (SSSR count). The highest BCUT2D eigenvalue weighted by atomic mass is 32.2. The number of piperazine rings is 1. The summed E-state index contributed by atoms with van der Waals surface area (Å²) in [5.41, 5.74) is 3.14. The number of nitrogens with one attached hydrogen (secondary N) is 4. The molecule has 1 unspecified atom stereocenters. The third-order valence-electron chi connectivity index (χ3n) is 13.2. The molecule has 4 aliphatic heterocycles. The molecule has 0 radical (unpaired) electrons. The Morgan fingerprint density at radius 3 is 2.24 bits per heavy atom. The van der Waals surface area contributed by atoms with Crippen LogP contribution in [0.5, 0.6) is 5.75 Å². The normalized spacial score (nSPS) is 18.2. The van der Waals surface area contributed by atoms with E-state index >= 15 is 0 Å². The molecule has 0 saturated carbocycles. The summed E-state index contributed by atoms with van der Waals surface area (Å²) in [4.78, 5) is 84.7. The van der Waals surface area contributed by atoms with E-state index in [0.717, 1.165) is 88.4 Å². The quantitative estimate of drug-likeness (QED) is 0.0749. The van der Waals surface area contributed by atoms with Crippen molar-refractivity contribution in [2.24, 2.45) is 0 Å². The van der Waals surface area contributed by atoms with Gasteiger partial charge in [-0.15, -0.1) is 0 Å². The Morgan fingerprint density at radius 2 is 1.51 bits per heavy atom. The summed E-state index contributed by atoms with van der Waals surface area (Å²) in [5.74, 6) is -0.831. The van der Waals surface area contributed by atoms with Crippen LogP contribution < -0.4 is 30.9 Å². The number of unbranched alkanes of at least 4 members (excludes halogenated alkanes) is 3. The third kappa shape index (κ3) is 10.5. The van der Waals surface area contributed by atoms with E-state index in [4.69, 9.17) is 4.74 Å². The zero-order valence-corrected chi connectivity index (χ0v) is 39.5. The van der Waals surface area contributed by atoms with Gasteiger partial charge in [0.25, 0.3) is 11.8 Å². The Kier molecular flexibility index (Phi) is 14.8. The molecule has 0 aliphatic carbocycles. The van der Waals surface area contributed by atoms with Crippen molar-refractivity contribution < 1.29 is 37.1 Å². The predicted octanol–water partition coefficient (Wildman–Crippen LogP) is 5.13. The van der Waals surface area contributed by atoms with E-state index in [1.165, 1.54) is 6.33 Å². The van der Waals surface area contributed by atoms with Crippen LogP contribution in [0.1, 0.15) is 92.4 Å². The number of benzene rings is 3. The second kappa shape index (κ2) is 21.1. The van der Waals surface area contributed by atoms with Gasteiger partial charge in [0.15, 0.2) is 9.84 Å². The minimum absolute atomic E-state index is 0.0689. The molecule has 5 amide bonds. The van der Waals surface area contributed by atoms with Gasteiger partial charge < -0.3 is 30.5 Å². The lowest BCUT2D eigenvalue weighted by molar-refractivity contribution is -0.136. The van der Waals surface area contributed by atoms with Gasteiger partial charge in [0.2, 0.25) is 29.6 Å². The lowest BCUT2D eigenvalue weighted by Crippen LogP contribution is -2.54. The number of piperidine rings is 2. The zero-order valence-electron chi connectivity index (χ0n) is 38.7. The number of carbonyl (C=O) groups excluding carboxylic acids is 5. The summed E-state index contributed by atoms with van der Waals surface area (Å²) < 4.78 is 31.7. The van der Waals surface area contributed by atoms with E-state index in [1.54, 1.807) is 63.4 Å². The number of amides is 5. The number of fused-ring (bicyclic) bond motifs is 1. The number of ether oxygens (including phenoxy) is 1. The van der Waals surface area contributed by atoms with Crippen molar-refractivity contribution >= 4 is 74.0 Å². The summed E-state index contributed by atoms with van der Waals surface area (Å²) in [6.07, 6.45) is 7.48. The number of rotatable bonds is 18. The second-order valence-electron chi connectivity index (χ2n) is 17.8. The topological polar surface area (TPSA) is 228 Å². The number of aromatic nitrogens is 3. The highest BCUT2D eigenvalue weighted by molar-refractivity contribution is 7.92. The smallest absolute Gasteiger partial charge is 0.264 e. The average Bonchev–Trinajstić information content (AvgIpc) is 3.60. The highest BCUT2D eigenvalue weighted by Crippen LogP contribution is 2.35. The summed E-state index contributed by atoms with van der Waals surface area (Å²) in [6, 6.07) is 17.1. The molecule has 1 atom stereocenters. The maximum atomic E-state index is 13.4. The van der Waals surface area contributed by atoms with Crippen molar-refractivity contribution in [3.63, 3.8) is 0 Å². The number of methoxy groups -OCH3 is 1. The van der Waals surface area contributed by atoms with E-state index < -0.39 is 44.8 Å². The number of anilines is 6. The predicted molar refractivity (Wildman–Crippen MR) is 256 cm³/mol. The van der Waals surface area contributed by atoms with Gasteiger partial charge in [0.05, 0.1) is 39.8 Å². The SMILES string of the molecule is COc1cc(N2CCC(N3CCN(C(=O)CCCCCCNc4cccc5c4C(=O)N(C4CCC(=O)NC4=O)C5=O)CC3)CC2)ccc1Nc1ncnc(Nc2ccccc2S(=O)(=O)C(C)C)n1. The summed E-state index contributed by atoms with van der Waals surface area (Å²) in [5, 5.41) is 11.2. The first-order valence-electron chi connectivity index (χ1n) is 23.4. The fourth-order valence-electron chi connectivity index (χ4n) is 9.33. The van der Waals surface area contributed by atoms with Crippen molar-refractivity contribution in [1.29, 1.82) is 0 Å². The molecule has 360 valence electrons. The van der Waals surface area contributed by atoms with Crippen molar-refractivity contribution in [3.8, 4) is 5.75 Å². The van der Waals surface area contributed by atoms with Crippen molar-refractivity contribution in [2.75, 3.05) is 73.8 Å². The van der Waals surface area contributed by atoms with Crippen LogP contribution >= 0.6 is 0 Å². The first-order valence-corrected chi connectivity index (χ1v) is 25.0. The minimum atomic E-state index is -3.55. The molecule has 4 N–H and O–H groups in total. The molecule has 68 heavy (non-hydrogen) atoms. The number of sulfone groups is 1. The van der Waals surface area contributed by atoms with Gasteiger partial charge in [-0.3, -0.25) is 39.1 Å². The van der Waals surface area contributed by atoms with Gasteiger partial charge in [-0.1, -0.05) is 31.0 Å². The van der Waals surface area contributed by atoms with Gasteiger partial charge in [0.1, 0.15) is 18.1 Å². The van der Waals surface area contributed by atoms with Crippen LogP contribution in [0.15, 0.2) is 71.9 Å². The fraction of sp³-hybridized carbons (Fsp3) is 0.458. The maximum absolute atomic E-state index is 13.4. The minimum Gasteiger partial charge on any atom is -0.494 e. The number of para-hydroxylation sites is 1. The van der Waals surface area contributed by atoms with Gasteiger partial charge >= 0.3 is 0 Å². The maximum Gasteiger partial charge on any atom is 0.264 e. The molecule has 3 fully saturated rings. The molecule has 0 spiro atoms. The van der Waals surface area contributed by atoms with Crippen LogP contribution in [-0.4, -0.2) is 138 Å². The molecular formula is C48H59N11O8S. The molecule has 5 heterocycles. The summed E-state index contributed by atoms with van der Waals surface area (Å²) in [7, 11) is -1.93. The molecule has 19 nitrogen and oxygen atoms in total.